The number of rotatable bonds is 4. The van der Waals surface area contributed by atoms with Crippen molar-refractivity contribution in [2.24, 2.45) is 5.73 Å². The molecule has 3 rings (SSSR count). The molecule has 0 fully saturated rings. The first-order chi connectivity index (χ1) is 11.4. The molecule has 2 aromatic carbocycles. The summed E-state index contributed by atoms with van der Waals surface area (Å²) >= 11 is 0. The third-order valence-corrected chi connectivity index (χ3v) is 4.25. The molecule has 0 spiro atoms. The minimum Gasteiger partial charge on any atom is -0.488 e. The molecule has 3 nitrogen and oxygen atoms in total. The molecule has 1 aliphatic heterocycles. The molecule has 2 N–H and O–H groups in total. The van der Waals surface area contributed by atoms with Crippen LogP contribution in [0.4, 0.5) is 4.39 Å². The van der Waals surface area contributed by atoms with Crippen LogP contribution in [0.3, 0.4) is 0 Å². The number of hydrogen-bond acceptors (Lipinski definition) is 3. The van der Waals surface area contributed by atoms with Crippen molar-refractivity contribution in [2.75, 3.05) is 6.54 Å². The lowest BCUT2D eigenvalue weighted by Gasteiger charge is -2.25. The largest absolute Gasteiger partial charge is 0.488 e. The van der Waals surface area contributed by atoms with Gasteiger partial charge in [0.05, 0.1) is 0 Å². The molecule has 0 saturated carbocycles. The van der Waals surface area contributed by atoms with Crippen molar-refractivity contribution in [1.82, 2.24) is 4.90 Å². The van der Waals surface area contributed by atoms with Gasteiger partial charge in [-0.1, -0.05) is 24.3 Å². The van der Waals surface area contributed by atoms with Crippen LogP contribution in [0, 0.1) is 5.82 Å². The van der Waals surface area contributed by atoms with Crippen LogP contribution in [0.2, 0.25) is 0 Å². The van der Waals surface area contributed by atoms with Gasteiger partial charge in [-0.25, -0.2) is 4.39 Å². The second-order valence-electron chi connectivity index (χ2n) is 7.33. The number of fused-ring (bicyclic) bond motifs is 1. The average Bonchev–Trinajstić information content (AvgIpc) is 2.84. The topological polar surface area (TPSA) is 38.5 Å². The van der Waals surface area contributed by atoms with Crippen LogP contribution in [0.15, 0.2) is 42.5 Å². The number of nitrogens with two attached hydrogens (primary N) is 1. The Hall–Kier alpha value is -1.91. The highest BCUT2D eigenvalue weighted by atomic mass is 19.1. The molecule has 0 saturated heterocycles. The molecule has 0 radical (unpaired) electrons. The minimum absolute atomic E-state index is 0.0582. The van der Waals surface area contributed by atoms with E-state index in [1.807, 2.05) is 39.0 Å². The Kier molecular flexibility index (Phi) is 4.61. The molecule has 1 atom stereocenters. The van der Waals surface area contributed by atoms with Crippen molar-refractivity contribution in [3.05, 3.63) is 65.0 Å². The van der Waals surface area contributed by atoms with Crippen molar-refractivity contribution in [3.63, 3.8) is 0 Å². The molecule has 2 aromatic rings. The maximum absolute atomic E-state index is 14.1. The monoisotopic (exact) mass is 328 g/mol. The lowest BCUT2D eigenvalue weighted by Crippen LogP contribution is -2.27. The first kappa shape index (κ1) is 16.9. The Morgan fingerprint density at radius 1 is 1.21 bits per heavy atom. The van der Waals surface area contributed by atoms with Crippen LogP contribution in [0.25, 0.3) is 0 Å². The molecule has 24 heavy (non-hydrogen) atoms. The third-order valence-electron chi connectivity index (χ3n) is 4.25. The summed E-state index contributed by atoms with van der Waals surface area (Å²) in [7, 11) is 0. The van der Waals surface area contributed by atoms with Crippen LogP contribution in [-0.2, 0) is 13.1 Å². The number of ether oxygens (including phenoxy) is 1. The maximum Gasteiger partial charge on any atom is 0.128 e. The summed E-state index contributed by atoms with van der Waals surface area (Å²) in [6.07, 6.45) is 0. The van der Waals surface area contributed by atoms with Crippen molar-refractivity contribution < 1.29 is 9.13 Å². The second-order valence-corrected chi connectivity index (χ2v) is 7.33. The van der Waals surface area contributed by atoms with Crippen LogP contribution in [-0.4, -0.2) is 17.0 Å². The number of nitrogens with zero attached hydrogens (tertiary/aromatic N) is 1. The molecule has 0 bridgehead atoms. The van der Waals surface area contributed by atoms with Gasteiger partial charge in [-0.2, -0.15) is 0 Å². The normalized spacial score (nSPS) is 17.8. The zero-order valence-electron chi connectivity index (χ0n) is 14.6. The summed E-state index contributed by atoms with van der Waals surface area (Å²) in [6.45, 7) is 7.89. The molecule has 0 aromatic heterocycles. The van der Waals surface area contributed by atoms with E-state index in [0.717, 1.165) is 29.0 Å². The van der Waals surface area contributed by atoms with Crippen molar-refractivity contribution in [3.8, 4) is 5.75 Å². The van der Waals surface area contributed by atoms with Gasteiger partial charge >= 0.3 is 0 Å². The van der Waals surface area contributed by atoms with Gasteiger partial charge in [-0.05, 0) is 50.1 Å². The Morgan fingerprint density at radius 3 is 2.67 bits per heavy atom. The number of halogens is 1. The molecule has 0 aliphatic carbocycles. The van der Waals surface area contributed by atoms with Crippen molar-refractivity contribution in [1.29, 1.82) is 0 Å². The summed E-state index contributed by atoms with van der Waals surface area (Å²) in [5.41, 5.74) is 8.67. The first-order valence-corrected chi connectivity index (χ1v) is 8.37. The van der Waals surface area contributed by atoms with Gasteiger partial charge in [-0.15, -0.1) is 0 Å². The zero-order chi connectivity index (χ0) is 17.3. The smallest absolute Gasteiger partial charge is 0.128 e. The summed E-state index contributed by atoms with van der Waals surface area (Å²) in [5.74, 6) is 0.713. The highest BCUT2D eigenvalue weighted by Crippen LogP contribution is 2.35. The molecule has 0 amide bonds. The summed E-state index contributed by atoms with van der Waals surface area (Å²) < 4.78 is 20.0. The van der Waals surface area contributed by atoms with Gasteiger partial charge in [0.15, 0.2) is 0 Å². The quantitative estimate of drug-likeness (QED) is 0.921. The van der Waals surface area contributed by atoms with E-state index in [1.54, 1.807) is 6.07 Å². The van der Waals surface area contributed by atoms with Gasteiger partial charge in [0.1, 0.15) is 17.2 Å². The summed E-state index contributed by atoms with van der Waals surface area (Å²) in [5, 5.41) is 0. The Morgan fingerprint density at radius 2 is 1.96 bits per heavy atom. The fourth-order valence-corrected chi connectivity index (χ4v) is 3.30. The van der Waals surface area contributed by atoms with Crippen LogP contribution in [0.1, 0.15) is 43.5 Å². The number of hydrogen-bond donors (Lipinski definition) is 1. The van der Waals surface area contributed by atoms with Crippen molar-refractivity contribution >= 4 is 0 Å². The van der Waals surface area contributed by atoms with Gasteiger partial charge in [0.25, 0.3) is 0 Å². The van der Waals surface area contributed by atoms with E-state index in [9.17, 15) is 4.39 Å². The number of benzene rings is 2. The van der Waals surface area contributed by atoms with Gasteiger partial charge in [0.2, 0.25) is 0 Å². The SMILES string of the molecule is CC(C)(C)Oc1cccc(CN2Cc3c(F)cccc3C2CN)c1. The standard InChI is InChI=1S/C20H25FN2O/c1-20(2,3)24-15-7-4-6-14(10-15)12-23-13-17-16(19(23)11-22)8-5-9-18(17)21/h4-10,19H,11-13,22H2,1-3H3. The lowest BCUT2D eigenvalue weighted by atomic mass is 10.0. The predicted octanol–water partition coefficient (Wildman–Crippen LogP) is 4.02. The highest BCUT2D eigenvalue weighted by Gasteiger charge is 2.31. The van der Waals surface area contributed by atoms with Crippen LogP contribution < -0.4 is 10.5 Å². The van der Waals surface area contributed by atoms with Crippen LogP contribution >= 0.6 is 0 Å². The molecule has 1 heterocycles. The van der Waals surface area contributed by atoms with E-state index >= 15 is 0 Å². The van der Waals surface area contributed by atoms with Gasteiger partial charge in [-0.3, -0.25) is 4.90 Å². The Bertz CT molecular complexity index is 724. The van der Waals surface area contributed by atoms with E-state index in [4.69, 9.17) is 10.5 Å². The molecule has 128 valence electrons. The fourth-order valence-electron chi connectivity index (χ4n) is 3.30. The molecule has 1 unspecified atom stereocenters. The van der Waals surface area contributed by atoms with E-state index in [0.29, 0.717) is 13.1 Å². The molecule has 1 aliphatic rings. The fraction of sp³-hybridized carbons (Fsp3) is 0.400. The van der Waals surface area contributed by atoms with E-state index in [1.165, 1.54) is 6.07 Å². The Balaban J connectivity index is 1.80. The average molecular weight is 328 g/mol. The molecule has 4 heteroatoms. The molecular weight excluding hydrogens is 303 g/mol. The van der Waals surface area contributed by atoms with E-state index in [-0.39, 0.29) is 17.5 Å². The third kappa shape index (κ3) is 3.60. The van der Waals surface area contributed by atoms with Gasteiger partial charge < -0.3 is 10.5 Å². The van der Waals surface area contributed by atoms with Gasteiger partial charge in [0, 0.05) is 31.2 Å². The predicted molar refractivity (Wildman–Crippen MR) is 94.3 cm³/mol. The first-order valence-electron chi connectivity index (χ1n) is 8.37. The maximum atomic E-state index is 14.1. The van der Waals surface area contributed by atoms with E-state index < -0.39 is 0 Å². The lowest BCUT2D eigenvalue weighted by molar-refractivity contribution is 0.130. The Labute approximate surface area is 143 Å². The molecular formula is C20H25FN2O. The minimum atomic E-state index is -0.231. The van der Waals surface area contributed by atoms with Crippen molar-refractivity contribution in [2.45, 2.75) is 45.5 Å². The summed E-state index contributed by atoms with van der Waals surface area (Å²) in [4.78, 5) is 2.23. The second kappa shape index (κ2) is 6.54. The van der Waals surface area contributed by atoms with Crippen LogP contribution in [0.5, 0.6) is 5.75 Å². The highest BCUT2D eigenvalue weighted by molar-refractivity contribution is 5.36. The van der Waals surface area contributed by atoms with E-state index in [2.05, 4.69) is 17.0 Å². The zero-order valence-corrected chi connectivity index (χ0v) is 14.6. The summed E-state index contributed by atoms with van der Waals surface area (Å²) in [6, 6.07) is 13.4.